The molecule has 0 aliphatic carbocycles. The Morgan fingerprint density at radius 3 is 2.68 bits per heavy atom. The third kappa shape index (κ3) is 3.36. The van der Waals surface area contributed by atoms with Gasteiger partial charge >= 0.3 is 6.09 Å². The SMILES string of the molecule is O=C(OCc1ccccc1)N1CCC(n2cn[nH]c2=S)CC1. The summed E-state index contributed by atoms with van der Waals surface area (Å²) in [5.41, 5.74) is 0.996. The van der Waals surface area contributed by atoms with Crippen LogP contribution in [-0.4, -0.2) is 38.8 Å². The molecule has 2 heterocycles. The number of carbonyl (C=O) groups excluding carboxylic acids is 1. The van der Waals surface area contributed by atoms with Crippen molar-refractivity contribution in [3.63, 3.8) is 0 Å². The van der Waals surface area contributed by atoms with Crippen LogP contribution in [0.4, 0.5) is 4.79 Å². The third-order valence-electron chi connectivity index (χ3n) is 3.90. The van der Waals surface area contributed by atoms with E-state index in [9.17, 15) is 4.79 Å². The van der Waals surface area contributed by atoms with Crippen molar-refractivity contribution in [3.8, 4) is 0 Å². The summed E-state index contributed by atoms with van der Waals surface area (Å²) in [7, 11) is 0. The predicted octanol–water partition coefficient (Wildman–Crippen LogP) is 2.91. The van der Waals surface area contributed by atoms with Crippen molar-refractivity contribution in [1.82, 2.24) is 19.7 Å². The van der Waals surface area contributed by atoms with Crippen LogP contribution in [0.5, 0.6) is 0 Å². The lowest BCUT2D eigenvalue weighted by Crippen LogP contribution is -2.39. The van der Waals surface area contributed by atoms with E-state index in [1.807, 2.05) is 34.9 Å². The standard InChI is InChI=1S/C15H18N4O2S/c20-15(21-10-12-4-2-1-3-5-12)18-8-6-13(7-9-18)19-11-16-17-14(19)22/h1-5,11,13H,6-10H2,(H,17,22). The minimum Gasteiger partial charge on any atom is -0.445 e. The van der Waals surface area contributed by atoms with Gasteiger partial charge in [-0.3, -0.25) is 5.10 Å². The van der Waals surface area contributed by atoms with Crippen LogP contribution in [0.25, 0.3) is 0 Å². The maximum atomic E-state index is 12.1. The quantitative estimate of drug-likeness (QED) is 0.884. The van der Waals surface area contributed by atoms with Gasteiger partial charge in [0.05, 0.1) is 0 Å². The van der Waals surface area contributed by atoms with E-state index in [1.54, 1.807) is 11.2 Å². The molecule has 0 radical (unpaired) electrons. The van der Waals surface area contributed by atoms with Gasteiger partial charge < -0.3 is 14.2 Å². The Morgan fingerprint density at radius 1 is 1.32 bits per heavy atom. The van der Waals surface area contributed by atoms with E-state index >= 15 is 0 Å². The molecule has 1 N–H and O–H groups in total. The van der Waals surface area contributed by atoms with Crippen molar-refractivity contribution in [3.05, 3.63) is 47.0 Å². The summed E-state index contributed by atoms with van der Waals surface area (Å²) in [6.45, 7) is 1.66. The highest BCUT2D eigenvalue weighted by atomic mass is 32.1. The lowest BCUT2D eigenvalue weighted by atomic mass is 10.1. The zero-order valence-electron chi connectivity index (χ0n) is 12.1. The van der Waals surface area contributed by atoms with Crippen LogP contribution in [0.1, 0.15) is 24.4 Å². The van der Waals surface area contributed by atoms with E-state index < -0.39 is 0 Å². The summed E-state index contributed by atoms with van der Waals surface area (Å²) in [6, 6.07) is 9.99. The average molecular weight is 318 g/mol. The second-order valence-corrected chi connectivity index (χ2v) is 5.71. The highest BCUT2D eigenvalue weighted by Gasteiger charge is 2.25. The number of ether oxygens (including phenoxy) is 1. The lowest BCUT2D eigenvalue weighted by molar-refractivity contribution is 0.0830. The first-order valence-corrected chi connectivity index (χ1v) is 7.72. The number of benzene rings is 1. The molecule has 1 aromatic carbocycles. The normalized spacial score (nSPS) is 15.7. The fraction of sp³-hybridized carbons (Fsp3) is 0.400. The number of nitrogens with one attached hydrogen (secondary N) is 1. The lowest BCUT2D eigenvalue weighted by Gasteiger charge is -2.31. The maximum absolute atomic E-state index is 12.1. The molecular formula is C15H18N4O2S. The van der Waals surface area contributed by atoms with Gasteiger partial charge in [-0.15, -0.1) is 0 Å². The van der Waals surface area contributed by atoms with E-state index in [4.69, 9.17) is 17.0 Å². The van der Waals surface area contributed by atoms with Crippen LogP contribution < -0.4 is 0 Å². The first-order chi connectivity index (χ1) is 10.7. The minimum atomic E-state index is -0.252. The van der Waals surface area contributed by atoms with Crippen LogP contribution in [0, 0.1) is 4.77 Å². The van der Waals surface area contributed by atoms with Gasteiger partial charge in [-0.2, -0.15) is 5.10 Å². The Labute approximate surface area is 133 Å². The van der Waals surface area contributed by atoms with E-state index in [1.165, 1.54) is 0 Å². The molecule has 1 saturated heterocycles. The first-order valence-electron chi connectivity index (χ1n) is 7.31. The van der Waals surface area contributed by atoms with Gasteiger partial charge in [0.2, 0.25) is 0 Å². The second-order valence-electron chi connectivity index (χ2n) is 5.33. The number of aromatic nitrogens is 3. The molecule has 1 aliphatic heterocycles. The number of H-pyrrole nitrogens is 1. The molecule has 0 saturated carbocycles. The summed E-state index contributed by atoms with van der Waals surface area (Å²) in [5.74, 6) is 0. The molecular weight excluding hydrogens is 300 g/mol. The highest BCUT2D eigenvalue weighted by Crippen LogP contribution is 2.22. The molecule has 0 atom stereocenters. The van der Waals surface area contributed by atoms with Gasteiger partial charge in [-0.05, 0) is 30.6 Å². The average Bonchev–Trinajstić information content (AvgIpc) is 3.00. The molecule has 2 aromatic rings. The summed E-state index contributed by atoms with van der Waals surface area (Å²) >= 11 is 5.18. The fourth-order valence-electron chi connectivity index (χ4n) is 2.65. The molecule has 3 rings (SSSR count). The molecule has 0 bridgehead atoms. The van der Waals surface area contributed by atoms with Gasteiger partial charge in [-0.1, -0.05) is 30.3 Å². The molecule has 1 aromatic heterocycles. The number of likely N-dealkylation sites (tertiary alicyclic amines) is 1. The molecule has 6 nitrogen and oxygen atoms in total. The monoisotopic (exact) mass is 318 g/mol. The molecule has 7 heteroatoms. The fourth-order valence-corrected chi connectivity index (χ4v) is 2.90. The second kappa shape index (κ2) is 6.74. The molecule has 1 fully saturated rings. The Bertz CT molecular complexity index is 674. The number of amides is 1. The van der Waals surface area contributed by atoms with Crippen molar-refractivity contribution in [2.45, 2.75) is 25.5 Å². The number of nitrogens with zero attached hydrogens (tertiary/aromatic N) is 3. The number of hydrogen-bond donors (Lipinski definition) is 1. The number of rotatable bonds is 3. The minimum absolute atomic E-state index is 0.252. The van der Waals surface area contributed by atoms with Gasteiger partial charge in [0.25, 0.3) is 0 Å². The number of carbonyl (C=O) groups is 1. The molecule has 0 spiro atoms. The molecule has 22 heavy (non-hydrogen) atoms. The van der Waals surface area contributed by atoms with Crippen molar-refractivity contribution in [2.75, 3.05) is 13.1 Å². The van der Waals surface area contributed by atoms with Crippen molar-refractivity contribution in [2.24, 2.45) is 0 Å². The molecule has 116 valence electrons. The Kier molecular flexibility index (Phi) is 4.53. The Balaban J connectivity index is 1.50. The van der Waals surface area contributed by atoms with Gasteiger partial charge in [0, 0.05) is 19.1 Å². The van der Waals surface area contributed by atoms with Gasteiger partial charge in [0.15, 0.2) is 4.77 Å². The smallest absolute Gasteiger partial charge is 0.410 e. The van der Waals surface area contributed by atoms with Crippen molar-refractivity contribution >= 4 is 18.3 Å². The first kappa shape index (κ1) is 14.8. The van der Waals surface area contributed by atoms with Crippen molar-refractivity contribution in [1.29, 1.82) is 0 Å². The van der Waals surface area contributed by atoms with Crippen LogP contribution in [-0.2, 0) is 11.3 Å². The number of piperidine rings is 1. The summed E-state index contributed by atoms with van der Waals surface area (Å²) in [6.07, 6.45) is 3.18. The highest BCUT2D eigenvalue weighted by molar-refractivity contribution is 7.71. The van der Waals surface area contributed by atoms with Crippen LogP contribution in [0.3, 0.4) is 0 Å². The van der Waals surface area contributed by atoms with E-state index in [2.05, 4.69) is 10.2 Å². The zero-order chi connectivity index (χ0) is 15.4. The molecule has 1 amide bonds. The molecule has 0 unspecified atom stereocenters. The van der Waals surface area contributed by atoms with Crippen molar-refractivity contribution < 1.29 is 9.53 Å². The van der Waals surface area contributed by atoms with Gasteiger partial charge in [-0.25, -0.2) is 4.79 Å². The topological polar surface area (TPSA) is 63.1 Å². The third-order valence-corrected chi connectivity index (χ3v) is 4.20. The summed E-state index contributed by atoms with van der Waals surface area (Å²) in [5, 5.41) is 6.70. The van der Waals surface area contributed by atoms with Crippen LogP contribution >= 0.6 is 12.2 Å². The van der Waals surface area contributed by atoms with Crippen LogP contribution in [0.2, 0.25) is 0 Å². The molecule has 1 aliphatic rings. The van der Waals surface area contributed by atoms with E-state index in [0.29, 0.717) is 30.5 Å². The summed E-state index contributed by atoms with van der Waals surface area (Å²) in [4.78, 5) is 13.8. The van der Waals surface area contributed by atoms with Gasteiger partial charge in [0.1, 0.15) is 12.9 Å². The predicted molar refractivity (Wildman–Crippen MR) is 83.9 cm³/mol. The Morgan fingerprint density at radius 2 is 2.05 bits per heavy atom. The van der Waals surface area contributed by atoms with E-state index in [0.717, 1.165) is 18.4 Å². The number of hydrogen-bond acceptors (Lipinski definition) is 4. The van der Waals surface area contributed by atoms with E-state index in [-0.39, 0.29) is 6.09 Å². The largest absolute Gasteiger partial charge is 0.445 e. The zero-order valence-corrected chi connectivity index (χ0v) is 13.0. The summed E-state index contributed by atoms with van der Waals surface area (Å²) < 4.78 is 7.95. The Hall–Kier alpha value is -2.15. The van der Waals surface area contributed by atoms with Crippen LogP contribution in [0.15, 0.2) is 36.7 Å². The maximum Gasteiger partial charge on any atom is 0.410 e. The number of aromatic amines is 1.